The van der Waals surface area contributed by atoms with E-state index < -0.39 is 29.4 Å². The average molecular weight is 414 g/mol. The lowest BCUT2D eigenvalue weighted by atomic mass is 10.1. The Morgan fingerprint density at radius 2 is 1.86 bits per heavy atom. The third kappa shape index (κ3) is 4.30. The zero-order valence-corrected chi connectivity index (χ0v) is 15.0. The zero-order chi connectivity index (χ0) is 20.5. The Morgan fingerprint density at radius 3 is 2.46 bits per heavy atom. The lowest BCUT2D eigenvalue weighted by Crippen LogP contribution is -2.15. The first-order valence-corrected chi connectivity index (χ1v) is 8.54. The van der Waals surface area contributed by atoms with Gasteiger partial charge in [0.05, 0.1) is 17.0 Å². The van der Waals surface area contributed by atoms with Crippen molar-refractivity contribution in [3.05, 3.63) is 69.5 Å². The van der Waals surface area contributed by atoms with Crippen molar-refractivity contribution in [3.8, 4) is 0 Å². The largest absolute Gasteiger partial charge is 0.435 e. The van der Waals surface area contributed by atoms with Gasteiger partial charge in [-0.15, -0.1) is 5.10 Å². The molecule has 146 valence electrons. The Bertz CT molecular complexity index is 1020. The summed E-state index contributed by atoms with van der Waals surface area (Å²) in [6.45, 7) is 1.58. The molecular weight excluding hydrogens is 403 g/mol. The number of nitrogens with one attached hydrogen (secondary N) is 1. The average Bonchev–Trinajstić information content (AvgIpc) is 2.98. The van der Waals surface area contributed by atoms with E-state index in [1.807, 2.05) is 0 Å². The fourth-order valence-corrected chi connectivity index (χ4v) is 3.25. The standard InChI is InChI=1S/C17H11F5N4OS/c1-8-15(16(27)23-9-2-4-11(18)12(19)6-9)13(28-26-8)7-10-3-5-14(25-24-10)17(20,21)22/h2-6H,7H2,1H3,(H,23,27). The predicted octanol–water partition coefficient (Wildman–Crippen LogP) is 4.38. The smallest absolute Gasteiger partial charge is 0.322 e. The molecule has 0 saturated carbocycles. The van der Waals surface area contributed by atoms with Crippen LogP contribution in [0.4, 0.5) is 27.6 Å². The molecule has 0 fully saturated rings. The molecule has 0 saturated heterocycles. The second-order valence-corrected chi connectivity index (χ2v) is 6.59. The minimum atomic E-state index is -4.60. The van der Waals surface area contributed by atoms with Gasteiger partial charge in [0.15, 0.2) is 17.3 Å². The van der Waals surface area contributed by atoms with Crippen molar-refractivity contribution >= 4 is 23.1 Å². The van der Waals surface area contributed by atoms with Crippen molar-refractivity contribution in [1.82, 2.24) is 14.6 Å². The Hall–Kier alpha value is -2.95. The van der Waals surface area contributed by atoms with Gasteiger partial charge in [-0.25, -0.2) is 8.78 Å². The summed E-state index contributed by atoms with van der Waals surface area (Å²) in [6, 6.07) is 4.89. The van der Waals surface area contributed by atoms with Crippen molar-refractivity contribution in [2.75, 3.05) is 5.32 Å². The van der Waals surface area contributed by atoms with Crippen molar-refractivity contribution < 1.29 is 26.7 Å². The Balaban J connectivity index is 1.81. The Labute approximate surface area is 159 Å². The van der Waals surface area contributed by atoms with E-state index in [0.717, 1.165) is 29.7 Å². The van der Waals surface area contributed by atoms with E-state index in [-0.39, 0.29) is 23.4 Å². The van der Waals surface area contributed by atoms with Gasteiger partial charge in [0.1, 0.15) is 0 Å². The molecular formula is C17H11F5N4OS. The van der Waals surface area contributed by atoms with E-state index in [9.17, 15) is 26.7 Å². The van der Waals surface area contributed by atoms with Crippen LogP contribution in [0.5, 0.6) is 0 Å². The summed E-state index contributed by atoms with van der Waals surface area (Å²) in [5, 5.41) is 9.13. The molecule has 5 nitrogen and oxygen atoms in total. The summed E-state index contributed by atoms with van der Waals surface area (Å²) in [7, 11) is 0. The van der Waals surface area contributed by atoms with Crippen LogP contribution in [0, 0.1) is 18.6 Å². The second-order valence-electron chi connectivity index (χ2n) is 5.73. The van der Waals surface area contributed by atoms with E-state index in [0.29, 0.717) is 10.6 Å². The third-order valence-corrected chi connectivity index (χ3v) is 4.62. The van der Waals surface area contributed by atoms with Gasteiger partial charge < -0.3 is 5.32 Å². The highest BCUT2D eigenvalue weighted by Crippen LogP contribution is 2.28. The summed E-state index contributed by atoms with van der Waals surface area (Å²) in [5.41, 5.74) is -0.266. The maximum absolute atomic E-state index is 13.3. The van der Waals surface area contributed by atoms with Gasteiger partial charge in [0.25, 0.3) is 5.91 Å². The van der Waals surface area contributed by atoms with Gasteiger partial charge in [0, 0.05) is 23.1 Å². The summed E-state index contributed by atoms with van der Waals surface area (Å²) in [4.78, 5) is 13.0. The maximum Gasteiger partial charge on any atom is 0.435 e. The minimum Gasteiger partial charge on any atom is -0.322 e. The number of hydrogen-bond donors (Lipinski definition) is 1. The molecule has 28 heavy (non-hydrogen) atoms. The summed E-state index contributed by atoms with van der Waals surface area (Å²) >= 11 is 0.990. The van der Waals surface area contributed by atoms with Gasteiger partial charge in [-0.2, -0.15) is 22.6 Å². The molecule has 0 atom stereocenters. The van der Waals surface area contributed by atoms with Crippen LogP contribution in [0.2, 0.25) is 0 Å². The number of amides is 1. The molecule has 0 aliphatic rings. The van der Waals surface area contributed by atoms with Crippen molar-refractivity contribution in [1.29, 1.82) is 0 Å². The number of anilines is 1. The van der Waals surface area contributed by atoms with Crippen LogP contribution in [0.3, 0.4) is 0 Å². The fourth-order valence-electron chi connectivity index (χ4n) is 2.37. The van der Waals surface area contributed by atoms with E-state index in [1.165, 1.54) is 12.1 Å². The number of rotatable bonds is 4. The topological polar surface area (TPSA) is 67.8 Å². The normalized spacial score (nSPS) is 11.5. The third-order valence-electron chi connectivity index (χ3n) is 3.69. The van der Waals surface area contributed by atoms with E-state index >= 15 is 0 Å². The molecule has 1 N–H and O–H groups in total. The first kappa shape index (κ1) is 19.8. The Morgan fingerprint density at radius 1 is 1.11 bits per heavy atom. The molecule has 0 aliphatic carbocycles. The highest BCUT2D eigenvalue weighted by atomic mass is 32.1. The van der Waals surface area contributed by atoms with Crippen LogP contribution >= 0.6 is 11.5 Å². The van der Waals surface area contributed by atoms with Crippen molar-refractivity contribution in [2.45, 2.75) is 19.5 Å². The summed E-state index contributed by atoms with van der Waals surface area (Å²) in [5.74, 6) is -2.77. The number of carbonyl (C=O) groups is 1. The van der Waals surface area contributed by atoms with Crippen molar-refractivity contribution in [2.24, 2.45) is 0 Å². The number of nitrogens with zero attached hydrogens (tertiary/aromatic N) is 3. The number of aromatic nitrogens is 3. The lowest BCUT2D eigenvalue weighted by Gasteiger charge is -2.08. The monoisotopic (exact) mass is 414 g/mol. The van der Waals surface area contributed by atoms with Crippen molar-refractivity contribution in [3.63, 3.8) is 0 Å². The first-order valence-electron chi connectivity index (χ1n) is 7.76. The van der Waals surface area contributed by atoms with Crippen LogP contribution in [-0.4, -0.2) is 20.5 Å². The summed E-state index contributed by atoms with van der Waals surface area (Å²) in [6.07, 6.45) is -4.56. The number of carbonyl (C=O) groups excluding carboxylic acids is 1. The predicted molar refractivity (Wildman–Crippen MR) is 91.0 cm³/mol. The molecule has 3 aromatic rings. The van der Waals surface area contributed by atoms with Crippen LogP contribution in [-0.2, 0) is 12.6 Å². The van der Waals surface area contributed by atoms with E-state index in [4.69, 9.17) is 0 Å². The fraction of sp³-hybridized carbons (Fsp3) is 0.176. The molecule has 0 bridgehead atoms. The van der Waals surface area contributed by atoms with Crippen LogP contribution in [0.1, 0.15) is 32.3 Å². The number of hydrogen-bond acceptors (Lipinski definition) is 5. The van der Waals surface area contributed by atoms with Gasteiger partial charge in [-0.3, -0.25) is 4.79 Å². The van der Waals surface area contributed by atoms with Gasteiger partial charge in [0.2, 0.25) is 0 Å². The van der Waals surface area contributed by atoms with Gasteiger partial charge in [-0.1, -0.05) is 0 Å². The zero-order valence-electron chi connectivity index (χ0n) is 14.1. The molecule has 11 heteroatoms. The molecule has 0 radical (unpaired) electrons. The van der Waals surface area contributed by atoms with Crippen LogP contribution in [0.25, 0.3) is 0 Å². The highest BCUT2D eigenvalue weighted by molar-refractivity contribution is 7.06. The summed E-state index contributed by atoms with van der Waals surface area (Å²) < 4.78 is 68.1. The Kier molecular flexibility index (Phi) is 5.36. The molecule has 2 aromatic heterocycles. The molecule has 3 rings (SSSR count). The van der Waals surface area contributed by atoms with Gasteiger partial charge in [-0.05, 0) is 42.7 Å². The molecule has 2 heterocycles. The van der Waals surface area contributed by atoms with Crippen LogP contribution in [0.15, 0.2) is 30.3 Å². The molecule has 0 unspecified atom stereocenters. The second kappa shape index (κ2) is 7.58. The minimum absolute atomic E-state index is 0.0389. The SMILES string of the molecule is Cc1nsc(Cc2ccc(C(F)(F)F)nn2)c1C(=O)Nc1ccc(F)c(F)c1. The van der Waals surface area contributed by atoms with E-state index in [1.54, 1.807) is 6.92 Å². The number of halogens is 5. The molecule has 0 spiro atoms. The first-order chi connectivity index (χ1) is 13.1. The maximum atomic E-state index is 13.3. The number of alkyl halides is 3. The van der Waals surface area contributed by atoms with E-state index in [2.05, 4.69) is 19.9 Å². The quantitative estimate of drug-likeness (QED) is 0.644. The molecule has 1 aromatic carbocycles. The van der Waals surface area contributed by atoms with Gasteiger partial charge >= 0.3 is 6.18 Å². The number of benzene rings is 1. The highest BCUT2D eigenvalue weighted by Gasteiger charge is 2.33. The lowest BCUT2D eigenvalue weighted by molar-refractivity contribution is -0.141. The number of aryl methyl sites for hydroxylation is 1. The molecule has 0 aliphatic heterocycles. The molecule has 1 amide bonds. The van der Waals surface area contributed by atoms with Crippen LogP contribution < -0.4 is 5.32 Å².